The Morgan fingerprint density at radius 1 is 0.783 bits per heavy atom. The minimum atomic E-state index is -0.266. The number of rotatable bonds is 4. The molecule has 0 unspecified atom stereocenters. The Labute approximate surface area is 137 Å². The Morgan fingerprint density at radius 3 is 2.26 bits per heavy atom. The SMILES string of the molecule is O=C(Nc1ccccc1C(=O)Nc1ccccc1)c1ccsc1. The normalized spacial score (nSPS) is 10.1. The van der Waals surface area contributed by atoms with E-state index in [0.717, 1.165) is 0 Å². The van der Waals surface area contributed by atoms with Gasteiger partial charge in [0.15, 0.2) is 0 Å². The lowest BCUT2D eigenvalue weighted by Gasteiger charge is -2.11. The van der Waals surface area contributed by atoms with Crippen molar-refractivity contribution < 1.29 is 9.59 Å². The topological polar surface area (TPSA) is 58.2 Å². The molecule has 0 spiro atoms. The zero-order valence-corrected chi connectivity index (χ0v) is 13.0. The van der Waals surface area contributed by atoms with Crippen LogP contribution in [0.4, 0.5) is 11.4 Å². The van der Waals surface area contributed by atoms with E-state index in [0.29, 0.717) is 22.5 Å². The van der Waals surface area contributed by atoms with Gasteiger partial charge in [0.1, 0.15) is 0 Å². The van der Waals surface area contributed by atoms with Crippen LogP contribution in [0.2, 0.25) is 0 Å². The fourth-order valence-electron chi connectivity index (χ4n) is 2.10. The van der Waals surface area contributed by atoms with Crippen LogP contribution >= 0.6 is 11.3 Å². The molecule has 2 aromatic carbocycles. The Balaban J connectivity index is 1.80. The van der Waals surface area contributed by atoms with Gasteiger partial charge in [-0.15, -0.1) is 0 Å². The lowest BCUT2D eigenvalue weighted by Crippen LogP contribution is -2.17. The van der Waals surface area contributed by atoms with Gasteiger partial charge in [-0.1, -0.05) is 30.3 Å². The molecule has 0 aliphatic rings. The van der Waals surface area contributed by atoms with Crippen LogP contribution in [0.5, 0.6) is 0 Å². The quantitative estimate of drug-likeness (QED) is 0.754. The number of nitrogens with one attached hydrogen (secondary N) is 2. The van der Waals surface area contributed by atoms with E-state index < -0.39 is 0 Å². The van der Waals surface area contributed by atoms with Gasteiger partial charge < -0.3 is 10.6 Å². The first-order valence-electron chi connectivity index (χ1n) is 7.03. The zero-order chi connectivity index (χ0) is 16.1. The van der Waals surface area contributed by atoms with Crippen LogP contribution in [0.1, 0.15) is 20.7 Å². The third-order valence-corrected chi connectivity index (χ3v) is 3.92. The number of hydrogen-bond acceptors (Lipinski definition) is 3. The molecule has 2 N–H and O–H groups in total. The van der Waals surface area contributed by atoms with Gasteiger partial charge in [-0.25, -0.2) is 0 Å². The highest BCUT2D eigenvalue weighted by Crippen LogP contribution is 2.19. The highest BCUT2D eigenvalue weighted by molar-refractivity contribution is 7.08. The molecule has 3 aromatic rings. The number of benzene rings is 2. The molecule has 0 bridgehead atoms. The molecule has 3 rings (SSSR count). The number of para-hydroxylation sites is 2. The smallest absolute Gasteiger partial charge is 0.257 e. The summed E-state index contributed by atoms with van der Waals surface area (Å²) >= 11 is 1.45. The van der Waals surface area contributed by atoms with E-state index >= 15 is 0 Å². The summed E-state index contributed by atoms with van der Waals surface area (Å²) in [7, 11) is 0. The van der Waals surface area contributed by atoms with Crippen LogP contribution < -0.4 is 10.6 Å². The first kappa shape index (κ1) is 15.0. The van der Waals surface area contributed by atoms with Crippen molar-refractivity contribution in [1.29, 1.82) is 0 Å². The average Bonchev–Trinajstić information content (AvgIpc) is 3.11. The maximum absolute atomic E-state index is 12.4. The van der Waals surface area contributed by atoms with Crippen LogP contribution in [0.25, 0.3) is 0 Å². The number of carbonyl (C=O) groups excluding carboxylic acids is 2. The molecule has 0 radical (unpaired) electrons. The van der Waals surface area contributed by atoms with Crippen molar-refractivity contribution >= 4 is 34.5 Å². The third kappa shape index (κ3) is 3.64. The molecule has 0 saturated heterocycles. The molecular weight excluding hydrogens is 308 g/mol. The van der Waals surface area contributed by atoms with E-state index in [1.54, 1.807) is 35.7 Å². The predicted octanol–water partition coefficient (Wildman–Crippen LogP) is 4.25. The molecule has 1 heterocycles. The van der Waals surface area contributed by atoms with Gasteiger partial charge >= 0.3 is 0 Å². The fourth-order valence-corrected chi connectivity index (χ4v) is 2.73. The summed E-state index contributed by atoms with van der Waals surface area (Å²) in [5.41, 5.74) is 2.18. The summed E-state index contributed by atoms with van der Waals surface area (Å²) in [5, 5.41) is 9.21. The summed E-state index contributed by atoms with van der Waals surface area (Å²) in [4.78, 5) is 24.6. The van der Waals surface area contributed by atoms with Gasteiger partial charge in [-0.3, -0.25) is 9.59 Å². The Morgan fingerprint density at radius 2 is 1.52 bits per heavy atom. The lowest BCUT2D eigenvalue weighted by atomic mass is 10.1. The van der Waals surface area contributed by atoms with Crippen molar-refractivity contribution in [3.63, 3.8) is 0 Å². The summed E-state index contributed by atoms with van der Waals surface area (Å²) in [6, 6.07) is 17.9. The standard InChI is InChI=1S/C18H14N2O2S/c21-17(13-10-11-23-12-13)20-16-9-5-4-8-15(16)18(22)19-14-6-2-1-3-7-14/h1-12H,(H,19,22)(H,20,21). The van der Waals surface area contributed by atoms with E-state index in [1.165, 1.54) is 11.3 Å². The maximum atomic E-state index is 12.4. The van der Waals surface area contributed by atoms with Gasteiger partial charge in [0.25, 0.3) is 11.8 Å². The fraction of sp³-hybridized carbons (Fsp3) is 0. The Bertz CT molecular complexity index is 814. The second kappa shape index (κ2) is 6.89. The van der Waals surface area contributed by atoms with Gasteiger partial charge in [0.05, 0.1) is 16.8 Å². The maximum Gasteiger partial charge on any atom is 0.257 e. The molecule has 4 nitrogen and oxygen atoms in total. The van der Waals surface area contributed by atoms with Gasteiger partial charge in [0.2, 0.25) is 0 Å². The van der Waals surface area contributed by atoms with Crippen molar-refractivity contribution in [3.8, 4) is 0 Å². The Kier molecular flexibility index (Phi) is 4.49. The largest absolute Gasteiger partial charge is 0.322 e. The first-order valence-corrected chi connectivity index (χ1v) is 7.97. The van der Waals surface area contributed by atoms with Gasteiger partial charge in [0, 0.05) is 11.1 Å². The zero-order valence-electron chi connectivity index (χ0n) is 12.2. The van der Waals surface area contributed by atoms with Crippen molar-refractivity contribution in [1.82, 2.24) is 0 Å². The van der Waals surface area contributed by atoms with E-state index in [-0.39, 0.29) is 11.8 Å². The van der Waals surface area contributed by atoms with E-state index in [2.05, 4.69) is 10.6 Å². The number of anilines is 2. The summed E-state index contributed by atoms with van der Waals surface area (Å²) in [6.07, 6.45) is 0. The van der Waals surface area contributed by atoms with E-state index in [4.69, 9.17) is 0 Å². The highest BCUT2D eigenvalue weighted by atomic mass is 32.1. The van der Waals surface area contributed by atoms with Crippen LogP contribution in [-0.4, -0.2) is 11.8 Å². The molecular formula is C18H14N2O2S. The van der Waals surface area contributed by atoms with Crippen LogP contribution in [0.3, 0.4) is 0 Å². The van der Waals surface area contributed by atoms with Crippen molar-refractivity contribution in [2.45, 2.75) is 0 Å². The molecule has 114 valence electrons. The van der Waals surface area contributed by atoms with Crippen molar-refractivity contribution in [2.24, 2.45) is 0 Å². The molecule has 0 atom stereocenters. The van der Waals surface area contributed by atoms with Crippen molar-refractivity contribution in [2.75, 3.05) is 10.6 Å². The molecule has 23 heavy (non-hydrogen) atoms. The van der Waals surface area contributed by atoms with Gasteiger partial charge in [-0.2, -0.15) is 11.3 Å². The Hall–Kier alpha value is -2.92. The minimum absolute atomic E-state index is 0.230. The van der Waals surface area contributed by atoms with Crippen LogP contribution in [-0.2, 0) is 0 Å². The second-order valence-electron chi connectivity index (χ2n) is 4.83. The monoisotopic (exact) mass is 322 g/mol. The van der Waals surface area contributed by atoms with Gasteiger partial charge in [-0.05, 0) is 35.7 Å². The number of hydrogen-bond donors (Lipinski definition) is 2. The molecule has 0 aliphatic carbocycles. The molecule has 5 heteroatoms. The molecule has 0 fully saturated rings. The summed E-state index contributed by atoms with van der Waals surface area (Å²) in [5.74, 6) is -0.497. The molecule has 2 amide bonds. The average molecular weight is 322 g/mol. The molecule has 0 aliphatic heterocycles. The third-order valence-electron chi connectivity index (χ3n) is 3.23. The summed E-state index contributed by atoms with van der Waals surface area (Å²) < 4.78 is 0. The lowest BCUT2D eigenvalue weighted by molar-refractivity contribution is 0.102. The van der Waals surface area contributed by atoms with Crippen LogP contribution in [0.15, 0.2) is 71.4 Å². The summed E-state index contributed by atoms with van der Waals surface area (Å²) in [6.45, 7) is 0. The van der Waals surface area contributed by atoms with E-state index in [9.17, 15) is 9.59 Å². The van der Waals surface area contributed by atoms with Crippen molar-refractivity contribution in [3.05, 3.63) is 82.6 Å². The predicted molar refractivity (Wildman–Crippen MR) is 93.1 cm³/mol. The highest BCUT2D eigenvalue weighted by Gasteiger charge is 2.14. The number of carbonyl (C=O) groups is 2. The number of thiophene rings is 1. The van der Waals surface area contributed by atoms with E-state index in [1.807, 2.05) is 35.7 Å². The number of amides is 2. The first-order chi connectivity index (χ1) is 11.2. The minimum Gasteiger partial charge on any atom is -0.322 e. The molecule has 0 saturated carbocycles. The van der Waals surface area contributed by atoms with Crippen LogP contribution in [0, 0.1) is 0 Å². The molecule has 1 aromatic heterocycles. The second-order valence-corrected chi connectivity index (χ2v) is 5.61.